The van der Waals surface area contributed by atoms with Crippen LogP contribution in [-0.4, -0.2) is 54.4 Å². The standard InChI is InChI=1S/C13H22N4O/c1-4-8-17(10-9-16(2)3)13(18)11-6-5-7-15-12(11)14/h5-7H,4,8-10H2,1-3H3,(H2,14,15). The zero-order valence-electron chi connectivity index (χ0n) is 11.4. The van der Waals surface area contributed by atoms with E-state index in [0.29, 0.717) is 17.9 Å². The van der Waals surface area contributed by atoms with Crippen LogP contribution in [0.2, 0.25) is 0 Å². The smallest absolute Gasteiger partial charge is 0.257 e. The molecule has 5 heteroatoms. The molecule has 0 fully saturated rings. The molecule has 1 heterocycles. The maximum absolute atomic E-state index is 12.4. The molecule has 18 heavy (non-hydrogen) atoms. The molecule has 1 aromatic rings. The van der Waals surface area contributed by atoms with Gasteiger partial charge < -0.3 is 15.5 Å². The van der Waals surface area contributed by atoms with Gasteiger partial charge in [-0.25, -0.2) is 4.98 Å². The molecular formula is C13H22N4O. The minimum Gasteiger partial charge on any atom is -0.383 e. The van der Waals surface area contributed by atoms with Crippen LogP contribution in [-0.2, 0) is 0 Å². The number of hydrogen-bond acceptors (Lipinski definition) is 4. The zero-order chi connectivity index (χ0) is 13.5. The van der Waals surface area contributed by atoms with E-state index in [2.05, 4.69) is 16.8 Å². The van der Waals surface area contributed by atoms with Crippen molar-refractivity contribution >= 4 is 11.7 Å². The molecule has 0 atom stereocenters. The Morgan fingerprint density at radius 1 is 1.33 bits per heavy atom. The quantitative estimate of drug-likeness (QED) is 0.820. The van der Waals surface area contributed by atoms with Crippen molar-refractivity contribution in [2.45, 2.75) is 13.3 Å². The van der Waals surface area contributed by atoms with Crippen LogP contribution < -0.4 is 5.73 Å². The summed E-state index contributed by atoms with van der Waals surface area (Å²) in [5, 5.41) is 0. The molecule has 0 aromatic carbocycles. The predicted molar refractivity (Wildman–Crippen MR) is 73.4 cm³/mol. The first-order chi connectivity index (χ1) is 8.56. The molecule has 1 aromatic heterocycles. The summed E-state index contributed by atoms with van der Waals surface area (Å²) in [7, 11) is 3.99. The van der Waals surface area contributed by atoms with Gasteiger partial charge in [-0.3, -0.25) is 4.79 Å². The number of amides is 1. The van der Waals surface area contributed by atoms with Crippen molar-refractivity contribution in [3.05, 3.63) is 23.9 Å². The average Bonchev–Trinajstić information content (AvgIpc) is 2.34. The van der Waals surface area contributed by atoms with Crippen LogP contribution in [0.1, 0.15) is 23.7 Å². The summed E-state index contributed by atoms with van der Waals surface area (Å²) in [6.07, 6.45) is 2.52. The van der Waals surface area contributed by atoms with Gasteiger partial charge in [0.25, 0.3) is 5.91 Å². The van der Waals surface area contributed by atoms with Crippen molar-refractivity contribution in [1.82, 2.24) is 14.8 Å². The van der Waals surface area contributed by atoms with Crippen LogP contribution in [0.15, 0.2) is 18.3 Å². The number of aromatic nitrogens is 1. The molecule has 0 aliphatic carbocycles. The van der Waals surface area contributed by atoms with E-state index in [4.69, 9.17) is 5.73 Å². The summed E-state index contributed by atoms with van der Waals surface area (Å²) in [4.78, 5) is 20.2. The molecule has 1 rings (SSSR count). The highest BCUT2D eigenvalue weighted by atomic mass is 16.2. The average molecular weight is 250 g/mol. The second-order valence-corrected chi connectivity index (χ2v) is 4.53. The maximum Gasteiger partial charge on any atom is 0.257 e. The Balaban J connectivity index is 2.79. The number of nitrogens with zero attached hydrogens (tertiary/aromatic N) is 3. The number of carbonyl (C=O) groups is 1. The highest BCUT2D eigenvalue weighted by Gasteiger charge is 2.17. The van der Waals surface area contributed by atoms with Gasteiger partial charge in [-0.15, -0.1) is 0 Å². The Hall–Kier alpha value is -1.62. The topological polar surface area (TPSA) is 62.5 Å². The number of likely N-dealkylation sites (N-methyl/N-ethyl adjacent to an activating group) is 1. The normalized spacial score (nSPS) is 10.7. The van der Waals surface area contributed by atoms with E-state index in [1.165, 1.54) is 0 Å². The first-order valence-electron chi connectivity index (χ1n) is 6.20. The first-order valence-corrected chi connectivity index (χ1v) is 6.20. The van der Waals surface area contributed by atoms with E-state index in [-0.39, 0.29) is 5.91 Å². The van der Waals surface area contributed by atoms with Crippen LogP contribution in [0.3, 0.4) is 0 Å². The molecule has 0 radical (unpaired) electrons. The van der Waals surface area contributed by atoms with Gasteiger partial charge in [0.2, 0.25) is 0 Å². The van der Waals surface area contributed by atoms with Crippen LogP contribution >= 0.6 is 0 Å². The second kappa shape index (κ2) is 6.96. The monoisotopic (exact) mass is 250 g/mol. The maximum atomic E-state index is 12.4. The lowest BCUT2D eigenvalue weighted by atomic mass is 10.2. The zero-order valence-corrected chi connectivity index (χ0v) is 11.4. The van der Waals surface area contributed by atoms with Gasteiger partial charge in [-0.1, -0.05) is 6.92 Å². The lowest BCUT2D eigenvalue weighted by Gasteiger charge is -2.24. The van der Waals surface area contributed by atoms with Gasteiger partial charge in [0.1, 0.15) is 5.82 Å². The highest BCUT2D eigenvalue weighted by Crippen LogP contribution is 2.11. The molecule has 100 valence electrons. The Kier molecular flexibility index (Phi) is 5.58. The number of rotatable bonds is 6. The number of pyridine rings is 1. The third-order valence-corrected chi connectivity index (χ3v) is 2.67. The second-order valence-electron chi connectivity index (χ2n) is 4.53. The van der Waals surface area contributed by atoms with Crippen LogP contribution in [0.25, 0.3) is 0 Å². The van der Waals surface area contributed by atoms with Crippen LogP contribution in [0.4, 0.5) is 5.82 Å². The summed E-state index contributed by atoms with van der Waals surface area (Å²) in [5.74, 6) is 0.262. The lowest BCUT2D eigenvalue weighted by molar-refractivity contribution is 0.0745. The fourth-order valence-electron chi connectivity index (χ4n) is 1.67. The van der Waals surface area contributed by atoms with Crippen molar-refractivity contribution < 1.29 is 4.79 Å². The number of carbonyl (C=O) groups excluding carboxylic acids is 1. The molecule has 0 saturated carbocycles. The van der Waals surface area contributed by atoms with Gasteiger partial charge in [0.15, 0.2) is 0 Å². The van der Waals surface area contributed by atoms with Crippen molar-refractivity contribution in [1.29, 1.82) is 0 Å². The molecule has 0 spiro atoms. The van der Waals surface area contributed by atoms with Gasteiger partial charge in [0.05, 0.1) is 5.56 Å². The van der Waals surface area contributed by atoms with E-state index in [0.717, 1.165) is 19.5 Å². The van der Waals surface area contributed by atoms with Gasteiger partial charge in [-0.2, -0.15) is 0 Å². The van der Waals surface area contributed by atoms with Gasteiger partial charge >= 0.3 is 0 Å². The molecule has 0 saturated heterocycles. The number of nitrogens with two attached hydrogens (primary N) is 1. The molecular weight excluding hydrogens is 228 g/mol. The third-order valence-electron chi connectivity index (χ3n) is 2.67. The van der Waals surface area contributed by atoms with E-state index >= 15 is 0 Å². The summed E-state index contributed by atoms with van der Waals surface area (Å²) >= 11 is 0. The summed E-state index contributed by atoms with van der Waals surface area (Å²) in [6, 6.07) is 3.46. The molecule has 0 aliphatic rings. The number of anilines is 1. The lowest BCUT2D eigenvalue weighted by Crippen LogP contribution is -2.37. The highest BCUT2D eigenvalue weighted by molar-refractivity contribution is 5.98. The summed E-state index contributed by atoms with van der Waals surface area (Å²) in [6.45, 7) is 4.34. The van der Waals surface area contributed by atoms with Crippen LogP contribution in [0, 0.1) is 0 Å². The van der Waals surface area contributed by atoms with Crippen LogP contribution in [0.5, 0.6) is 0 Å². The molecule has 0 unspecified atom stereocenters. The van der Waals surface area contributed by atoms with E-state index < -0.39 is 0 Å². The van der Waals surface area contributed by atoms with Gasteiger partial charge in [0, 0.05) is 25.8 Å². The molecule has 5 nitrogen and oxygen atoms in total. The van der Waals surface area contributed by atoms with Crippen molar-refractivity contribution in [2.75, 3.05) is 39.5 Å². The Bertz CT molecular complexity index is 392. The fraction of sp³-hybridized carbons (Fsp3) is 0.538. The predicted octanol–water partition coefficient (Wildman–Crippen LogP) is 1.08. The molecule has 1 amide bonds. The third kappa shape index (κ3) is 4.00. The Morgan fingerprint density at radius 2 is 2.06 bits per heavy atom. The Morgan fingerprint density at radius 3 is 2.61 bits per heavy atom. The first kappa shape index (κ1) is 14.4. The minimum absolute atomic E-state index is 0.0377. The van der Waals surface area contributed by atoms with Gasteiger partial charge in [-0.05, 0) is 32.6 Å². The summed E-state index contributed by atoms with van der Waals surface area (Å²) < 4.78 is 0. The van der Waals surface area contributed by atoms with E-state index in [9.17, 15) is 4.79 Å². The van der Waals surface area contributed by atoms with Crippen molar-refractivity contribution in [3.8, 4) is 0 Å². The molecule has 0 aliphatic heterocycles. The Labute approximate surface area is 109 Å². The van der Waals surface area contributed by atoms with Crippen molar-refractivity contribution in [2.24, 2.45) is 0 Å². The number of hydrogen-bond donors (Lipinski definition) is 1. The van der Waals surface area contributed by atoms with Crippen molar-refractivity contribution in [3.63, 3.8) is 0 Å². The summed E-state index contributed by atoms with van der Waals surface area (Å²) in [5.41, 5.74) is 6.23. The molecule has 0 bridgehead atoms. The molecule has 2 N–H and O–H groups in total. The van der Waals surface area contributed by atoms with E-state index in [1.807, 2.05) is 19.0 Å². The fourth-order valence-corrected chi connectivity index (χ4v) is 1.67. The minimum atomic E-state index is -0.0377. The largest absolute Gasteiger partial charge is 0.383 e. The SMILES string of the molecule is CCCN(CCN(C)C)C(=O)c1cccnc1N. The van der Waals surface area contributed by atoms with E-state index in [1.54, 1.807) is 18.3 Å². The number of nitrogen functional groups attached to an aromatic ring is 1.